The first-order valence-electron chi connectivity index (χ1n) is 17.1. The number of benzene rings is 1. The number of unbranched alkanes of at least 4 members (excludes halogenated alkanes) is 1. The molecule has 2 atom stereocenters. The first kappa shape index (κ1) is 37.5. The minimum atomic E-state index is -1.09. The molecule has 0 bridgehead atoms. The van der Waals surface area contributed by atoms with E-state index in [1.165, 1.54) is 0 Å². The third kappa shape index (κ3) is 9.63. The highest BCUT2D eigenvalue weighted by Crippen LogP contribution is 2.38. The van der Waals surface area contributed by atoms with Crippen molar-refractivity contribution in [3.05, 3.63) is 52.3 Å². The molecule has 0 aliphatic carbocycles. The Bertz CT molecular complexity index is 1550. The maximum Gasteiger partial charge on any atom is 0.340 e. The van der Waals surface area contributed by atoms with Crippen LogP contribution in [0.2, 0.25) is 0 Å². The second-order valence-corrected chi connectivity index (χ2v) is 14.1. The van der Waals surface area contributed by atoms with Crippen molar-refractivity contribution in [2.45, 2.75) is 123 Å². The van der Waals surface area contributed by atoms with Crippen molar-refractivity contribution >= 4 is 17.4 Å². The molecule has 0 amide bonds. The van der Waals surface area contributed by atoms with Gasteiger partial charge in [0, 0.05) is 37.5 Å². The molecular formula is C36H52F2N4O6. The van der Waals surface area contributed by atoms with Gasteiger partial charge in [0.1, 0.15) is 11.6 Å². The number of nitrogens with zero attached hydrogens (tertiary/aromatic N) is 4. The van der Waals surface area contributed by atoms with Gasteiger partial charge in [-0.05, 0) is 111 Å². The number of esters is 1. The highest BCUT2D eigenvalue weighted by Gasteiger charge is 2.38. The number of aliphatic hydroxyl groups excluding tert-OH is 1. The zero-order chi connectivity index (χ0) is 35.2. The molecule has 0 radical (unpaired) electrons. The van der Waals surface area contributed by atoms with E-state index < -0.39 is 29.3 Å². The summed E-state index contributed by atoms with van der Waals surface area (Å²) >= 11 is 0. The van der Waals surface area contributed by atoms with Crippen LogP contribution in [-0.4, -0.2) is 74.4 Å². The number of hydrogen-bond acceptors (Lipinski definition) is 9. The second-order valence-electron chi connectivity index (χ2n) is 14.1. The molecule has 0 spiro atoms. The van der Waals surface area contributed by atoms with Crippen molar-refractivity contribution in [1.29, 1.82) is 0 Å². The largest absolute Gasteiger partial charge is 0.508 e. The summed E-state index contributed by atoms with van der Waals surface area (Å²) in [6.45, 7) is 15.3. The number of aromatic hydroxyl groups is 1. The van der Waals surface area contributed by atoms with Gasteiger partial charge in [-0.1, -0.05) is 0 Å². The summed E-state index contributed by atoms with van der Waals surface area (Å²) in [6.07, 6.45) is 4.05. The fraction of sp³-hybridized carbons (Fsp3) is 0.639. The van der Waals surface area contributed by atoms with E-state index in [2.05, 4.69) is 11.8 Å². The standard InChI is InChI=1S/C36H52F2N4O6/c1-8-46-34(45)32(48-35(4,5)6)31-24(3)39-30-21-26(14-11-13-25-20-27(37)28(38)22-29(25)44)40-42(30)33(31)41-17-15-36(7,16-18-41)47-19-10-9-12-23(2)43/h20-23,32,43-44H,8-19H2,1-7H3. The molecule has 1 aliphatic rings. The molecule has 1 aliphatic heterocycles. The molecule has 3 heterocycles. The Morgan fingerprint density at radius 1 is 1.08 bits per heavy atom. The van der Waals surface area contributed by atoms with E-state index in [0.717, 1.165) is 49.9 Å². The Kier molecular flexibility index (Phi) is 12.4. The van der Waals surface area contributed by atoms with Crippen LogP contribution in [0.1, 0.15) is 109 Å². The second kappa shape index (κ2) is 15.9. The molecule has 48 heavy (non-hydrogen) atoms. The average molecular weight is 675 g/mol. The summed E-state index contributed by atoms with van der Waals surface area (Å²) in [5.74, 6) is -2.16. The number of rotatable bonds is 15. The molecule has 1 fully saturated rings. The van der Waals surface area contributed by atoms with E-state index in [1.54, 1.807) is 18.4 Å². The van der Waals surface area contributed by atoms with Crippen LogP contribution < -0.4 is 4.90 Å². The maximum atomic E-state index is 13.8. The molecule has 2 unspecified atom stereocenters. The van der Waals surface area contributed by atoms with Crippen molar-refractivity contribution in [2.24, 2.45) is 0 Å². The summed E-state index contributed by atoms with van der Waals surface area (Å²) in [5.41, 5.74) is 1.91. The Hall–Kier alpha value is -3.35. The molecular weight excluding hydrogens is 622 g/mol. The lowest BCUT2D eigenvalue weighted by Crippen LogP contribution is -2.46. The zero-order valence-corrected chi connectivity index (χ0v) is 29.4. The van der Waals surface area contributed by atoms with Gasteiger partial charge in [-0.15, -0.1) is 0 Å². The van der Waals surface area contributed by atoms with Crippen LogP contribution >= 0.6 is 0 Å². The van der Waals surface area contributed by atoms with Crippen LogP contribution in [0, 0.1) is 18.6 Å². The first-order chi connectivity index (χ1) is 22.6. The number of fused-ring (bicyclic) bond motifs is 1. The number of anilines is 1. The number of phenolic OH excluding ortho intramolecular Hbond substituents is 1. The molecule has 10 nitrogen and oxygen atoms in total. The zero-order valence-electron chi connectivity index (χ0n) is 29.4. The third-order valence-electron chi connectivity index (χ3n) is 8.68. The summed E-state index contributed by atoms with van der Waals surface area (Å²) in [6, 6.07) is 3.71. The van der Waals surface area contributed by atoms with Gasteiger partial charge in [-0.25, -0.2) is 18.6 Å². The van der Waals surface area contributed by atoms with E-state index in [0.29, 0.717) is 67.2 Å². The van der Waals surface area contributed by atoms with Gasteiger partial charge in [0.05, 0.1) is 35.2 Å². The van der Waals surface area contributed by atoms with Crippen molar-refractivity contribution in [1.82, 2.24) is 14.6 Å². The van der Waals surface area contributed by atoms with Crippen LogP contribution in [0.5, 0.6) is 5.75 Å². The predicted octanol–water partition coefficient (Wildman–Crippen LogP) is 6.54. The monoisotopic (exact) mass is 674 g/mol. The summed E-state index contributed by atoms with van der Waals surface area (Å²) in [5, 5.41) is 24.6. The molecule has 4 rings (SSSR count). The SMILES string of the molecule is CCOC(=O)C(OC(C)(C)C)c1c(C)nc2cc(CCCc3cc(F)c(F)cc3O)nn2c1N1CCC(C)(OCCCCC(C)O)CC1. The number of aliphatic hydroxyl groups is 1. The van der Waals surface area contributed by atoms with E-state index in [9.17, 15) is 23.8 Å². The summed E-state index contributed by atoms with van der Waals surface area (Å²) in [7, 11) is 0. The molecule has 0 saturated carbocycles. The molecule has 12 heteroatoms. The average Bonchev–Trinajstić information content (AvgIpc) is 3.40. The van der Waals surface area contributed by atoms with E-state index >= 15 is 0 Å². The van der Waals surface area contributed by atoms with Crippen molar-refractivity contribution in [2.75, 3.05) is 31.2 Å². The number of aromatic nitrogens is 3. The molecule has 1 saturated heterocycles. The lowest BCUT2D eigenvalue weighted by atomic mass is 9.92. The molecule has 266 valence electrons. The molecule has 2 N–H and O–H groups in total. The number of carbonyl (C=O) groups is 1. The van der Waals surface area contributed by atoms with Gasteiger partial charge >= 0.3 is 5.97 Å². The van der Waals surface area contributed by atoms with Gasteiger partial charge < -0.3 is 29.3 Å². The maximum absolute atomic E-state index is 13.8. The molecule has 1 aromatic carbocycles. The van der Waals surface area contributed by atoms with Crippen LogP contribution in [0.3, 0.4) is 0 Å². The smallest absolute Gasteiger partial charge is 0.340 e. The Morgan fingerprint density at radius 3 is 2.42 bits per heavy atom. The predicted molar refractivity (Wildman–Crippen MR) is 179 cm³/mol. The van der Waals surface area contributed by atoms with E-state index in [4.69, 9.17) is 24.3 Å². The Balaban J connectivity index is 1.65. The van der Waals surface area contributed by atoms with Crippen LogP contribution in [0.4, 0.5) is 14.6 Å². The van der Waals surface area contributed by atoms with E-state index in [1.807, 2.05) is 33.8 Å². The first-order valence-corrected chi connectivity index (χ1v) is 17.1. The molecule has 3 aromatic rings. The Labute approximate surface area is 282 Å². The topological polar surface area (TPSA) is 119 Å². The van der Waals surface area contributed by atoms with Gasteiger partial charge in [-0.2, -0.15) is 9.61 Å². The quantitative estimate of drug-likeness (QED) is 0.137. The number of carbonyl (C=O) groups excluding carboxylic acids is 1. The minimum Gasteiger partial charge on any atom is -0.508 e. The number of hydrogen-bond donors (Lipinski definition) is 2. The van der Waals surface area contributed by atoms with Crippen LogP contribution in [0.25, 0.3) is 5.65 Å². The van der Waals surface area contributed by atoms with E-state index in [-0.39, 0.29) is 24.1 Å². The number of piperidine rings is 1. The third-order valence-corrected chi connectivity index (χ3v) is 8.68. The van der Waals surface area contributed by atoms with Crippen LogP contribution in [0.15, 0.2) is 18.2 Å². The van der Waals surface area contributed by atoms with Crippen molar-refractivity contribution < 1.29 is 38.0 Å². The number of phenols is 1. The minimum absolute atomic E-state index is 0.197. The Morgan fingerprint density at radius 2 is 1.77 bits per heavy atom. The number of ether oxygens (including phenoxy) is 3. The lowest BCUT2D eigenvalue weighted by Gasteiger charge is -2.41. The number of halogens is 2. The van der Waals surface area contributed by atoms with Gasteiger partial charge in [0.15, 0.2) is 23.4 Å². The van der Waals surface area contributed by atoms with Gasteiger partial charge in [0.2, 0.25) is 0 Å². The van der Waals surface area contributed by atoms with Gasteiger partial charge in [0.25, 0.3) is 0 Å². The summed E-state index contributed by atoms with van der Waals surface area (Å²) in [4.78, 5) is 20.6. The highest BCUT2D eigenvalue weighted by atomic mass is 19.2. The van der Waals surface area contributed by atoms with Crippen molar-refractivity contribution in [3.63, 3.8) is 0 Å². The van der Waals surface area contributed by atoms with Gasteiger partial charge in [-0.3, -0.25) is 0 Å². The highest BCUT2D eigenvalue weighted by molar-refractivity contribution is 5.80. The normalized spacial score (nSPS) is 16.3. The van der Waals surface area contributed by atoms with Crippen LogP contribution in [-0.2, 0) is 31.8 Å². The summed E-state index contributed by atoms with van der Waals surface area (Å²) < 4.78 is 47.3. The molecule has 2 aromatic heterocycles. The number of aryl methyl sites for hydroxylation is 3. The van der Waals surface area contributed by atoms with Crippen molar-refractivity contribution in [3.8, 4) is 5.75 Å². The fourth-order valence-electron chi connectivity index (χ4n) is 6.13. The fourth-order valence-corrected chi connectivity index (χ4v) is 6.13. The lowest BCUT2D eigenvalue weighted by molar-refractivity contribution is -0.166.